The predicted molar refractivity (Wildman–Crippen MR) is 136 cm³/mol. The van der Waals surface area contributed by atoms with Gasteiger partial charge in [0.25, 0.3) is 0 Å². The van der Waals surface area contributed by atoms with Crippen molar-refractivity contribution in [1.29, 1.82) is 0 Å². The topological polar surface area (TPSA) is 180 Å². The zero-order valence-electron chi connectivity index (χ0n) is 23.1. The Morgan fingerprint density at radius 1 is 0.950 bits per heavy atom. The molecule has 4 fully saturated rings. The van der Waals surface area contributed by atoms with Crippen molar-refractivity contribution >= 4 is 21.6 Å². The van der Waals surface area contributed by atoms with Gasteiger partial charge in [-0.15, -0.1) is 0 Å². The number of aliphatic hydroxyl groups is 1. The van der Waals surface area contributed by atoms with Crippen LogP contribution in [0.4, 0.5) is 8.78 Å². The summed E-state index contributed by atoms with van der Waals surface area (Å²) in [6, 6.07) is 0. The van der Waals surface area contributed by atoms with E-state index in [-0.39, 0.29) is 42.9 Å². The standard InChI is InChI=1S/C25H42F2O11P2/c1-15(4-7-20(28)36-14-37-39(30,31)32)17-5-6-18-21-19(8-9-23(17,18)3)22(2)10-11-24(26,29)12-16(22)13-25(21,27)38-40(33,34)35/h15-19,21,29H,4-14H2,1-3H3,(H2,30,31,32)(H2,33,34,35). The Hall–Kier alpha value is -0.490. The SMILES string of the molecule is CC(CCC(=O)OCOP(=O)(O)O)C1CCC2C3C(CCC12C)C1(C)CCC(O)(F)CC1CC3(F)OP(=O)(O)O. The van der Waals surface area contributed by atoms with Crippen molar-refractivity contribution in [2.75, 3.05) is 6.79 Å². The largest absolute Gasteiger partial charge is 0.472 e. The Balaban J connectivity index is 1.53. The molecule has 0 spiro atoms. The zero-order valence-corrected chi connectivity index (χ0v) is 24.9. The molecule has 10 atom stereocenters. The van der Waals surface area contributed by atoms with Gasteiger partial charge in [-0.2, -0.15) is 0 Å². The Morgan fingerprint density at radius 3 is 2.23 bits per heavy atom. The molecular formula is C25H42F2O11P2. The molecule has 4 saturated carbocycles. The summed E-state index contributed by atoms with van der Waals surface area (Å²) in [4.78, 5) is 48.9. The molecule has 10 unspecified atom stereocenters. The first-order valence-corrected chi connectivity index (χ1v) is 17.0. The first-order chi connectivity index (χ1) is 18.2. The maximum absolute atomic E-state index is 16.9. The molecule has 0 amide bonds. The van der Waals surface area contributed by atoms with Crippen LogP contribution >= 0.6 is 15.6 Å². The molecule has 15 heteroatoms. The number of hydrogen-bond acceptors (Lipinski definition) is 7. The summed E-state index contributed by atoms with van der Waals surface area (Å²) in [5.41, 5.74) is -0.914. The maximum atomic E-state index is 16.9. The van der Waals surface area contributed by atoms with Gasteiger partial charge in [-0.3, -0.25) is 4.79 Å². The van der Waals surface area contributed by atoms with E-state index in [1.54, 1.807) is 0 Å². The Labute approximate surface area is 232 Å². The van der Waals surface area contributed by atoms with E-state index in [2.05, 4.69) is 11.4 Å². The second kappa shape index (κ2) is 10.9. The summed E-state index contributed by atoms with van der Waals surface area (Å²) in [6.45, 7) is 5.19. The number of phosphoric ester groups is 2. The lowest BCUT2D eigenvalue weighted by atomic mass is 9.43. The molecule has 0 aromatic rings. The molecule has 0 aromatic heterocycles. The number of esters is 1. The van der Waals surface area contributed by atoms with Crippen LogP contribution in [0.25, 0.3) is 0 Å². The van der Waals surface area contributed by atoms with Crippen LogP contribution in [0, 0.1) is 46.3 Å². The van der Waals surface area contributed by atoms with Crippen LogP contribution in [0.1, 0.15) is 85.0 Å². The van der Waals surface area contributed by atoms with Crippen molar-refractivity contribution in [3.8, 4) is 0 Å². The van der Waals surface area contributed by atoms with E-state index in [0.29, 0.717) is 25.7 Å². The molecular weight excluding hydrogens is 576 g/mol. The normalized spacial score (nSPS) is 44.3. The van der Waals surface area contributed by atoms with Gasteiger partial charge in [0.15, 0.2) is 0 Å². The van der Waals surface area contributed by atoms with Crippen LogP contribution in [0.2, 0.25) is 0 Å². The van der Waals surface area contributed by atoms with Crippen LogP contribution in [0.3, 0.4) is 0 Å². The molecule has 11 nitrogen and oxygen atoms in total. The molecule has 40 heavy (non-hydrogen) atoms. The maximum Gasteiger partial charge on any atom is 0.472 e. The average Bonchev–Trinajstić information content (AvgIpc) is 3.13. The van der Waals surface area contributed by atoms with Gasteiger partial charge in [0.05, 0.1) is 0 Å². The van der Waals surface area contributed by atoms with Gasteiger partial charge >= 0.3 is 21.6 Å². The first kappa shape index (κ1) is 32.4. The van der Waals surface area contributed by atoms with Crippen molar-refractivity contribution in [2.24, 2.45) is 46.3 Å². The number of phosphoric acid groups is 2. The second-order valence-electron chi connectivity index (χ2n) is 13.1. The summed E-state index contributed by atoms with van der Waals surface area (Å²) in [6.07, 6.45) is 2.60. The van der Waals surface area contributed by atoms with E-state index in [0.717, 1.165) is 12.8 Å². The lowest BCUT2D eigenvalue weighted by Crippen LogP contribution is -2.63. The molecule has 5 N–H and O–H groups in total. The van der Waals surface area contributed by atoms with E-state index in [9.17, 15) is 33.2 Å². The number of carbonyl (C=O) groups excluding carboxylic acids is 1. The average molecular weight is 619 g/mol. The van der Waals surface area contributed by atoms with E-state index in [1.165, 1.54) is 0 Å². The fraction of sp³-hybridized carbons (Fsp3) is 0.960. The number of hydrogen-bond donors (Lipinski definition) is 5. The highest BCUT2D eigenvalue weighted by molar-refractivity contribution is 7.46. The van der Waals surface area contributed by atoms with Crippen LogP contribution in [-0.4, -0.2) is 49.2 Å². The molecule has 0 heterocycles. The highest BCUT2D eigenvalue weighted by Crippen LogP contribution is 2.72. The number of rotatable bonds is 9. The van der Waals surface area contributed by atoms with E-state index in [4.69, 9.17) is 19.0 Å². The van der Waals surface area contributed by atoms with Gasteiger partial charge < -0.3 is 29.4 Å². The minimum Gasteiger partial charge on any atom is -0.438 e. The summed E-state index contributed by atoms with van der Waals surface area (Å²) in [7, 11) is -10.00. The fourth-order valence-electron chi connectivity index (χ4n) is 9.17. The summed E-state index contributed by atoms with van der Waals surface area (Å²) in [5, 5.41) is 10.1. The van der Waals surface area contributed by atoms with Crippen LogP contribution in [-0.2, 0) is 27.7 Å². The third kappa shape index (κ3) is 6.53. The third-order valence-corrected chi connectivity index (χ3v) is 11.9. The molecule has 232 valence electrons. The van der Waals surface area contributed by atoms with Crippen molar-refractivity contribution in [2.45, 2.75) is 96.7 Å². The fourth-order valence-corrected chi connectivity index (χ4v) is 9.96. The van der Waals surface area contributed by atoms with Gasteiger partial charge in [-0.1, -0.05) is 20.8 Å². The van der Waals surface area contributed by atoms with Crippen LogP contribution in [0.5, 0.6) is 0 Å². The molecule has 0 aliphatic heterocycles. The molecule has 0 bridgehead atoms. The van der Waals surface area contributed by atoms with E-state index in [1.807, 2.05) is 13.8 Å². The van der Waals surface area contributed by atoms with Gasteiger partial charge in [0, 0.05) is 31.6 Å². The minimum absolute atomic E-state index is 0.00154. The van der Waals surface area contributed by atoms with Gasteiger partial charge in [0.1, 0.15) is 0 Å². The van der Waals surface area contributed by atoms with Crippen molar-refractivity contribution in [3.63, 3.8) is 0 Å². The van der Waals surface area contributed by atoms with Gasteiger partial charge in [-0.05, 0) is 78.9 Å². The number of ether oxygens (including phenoxy) is 1. The molecule has 4 aliphatic rings. The van der Waals surface area contributed by atoms with Gasteiger partial charge in [-0.25, -0.2) is 27.0 Å². The smallest absolute Gasteiger partial charge is 0.438 e. The number of alkyl halides is 2. The Kier molecular flexibility index (Phi) is 8.83. The summed E-state index contributed by atoms with van der Waals surface area (Å²) < 4.78 is 68.2. The quantitative estimate of drug-likeness (QED) is 0.137. The number of carbonyl (C=O) groups is 1. The zero-order chi connectivity index (χ0) is 29.9. The van der Waals surface area contributed by atoms with Crippen LogP contribution in [0.15, 0.2) is 0 Å². The van der Waals surface area contributed by atoms with E-state index >= 15 is 4.39 Å². The van der Waals surface area contributed by atoms with Crippen molar-refractivity contribution < 1.29 is 61.2 Å². The lowest BCUT2D eigenvalue weighted by Gasteiger charge is -2.64. The molecule has 0 saturated heterocycles. The molecule has 0 aromatic carbocycles. The second-order valence-corrected chi connectivity index (χ2v) is 15.5. The number of fused-ring (bicyclic) bond motifs is 5. The summed E-state index contributed by atoms with van der Waals surface area (Å²) >= 11 is 0. The van der Waals surface area contributed by atoms with Gasteiger partial charge in [0.2, 0.25) is 18.5 Å². The molecule has 0 radical (unpaired) electrons. The minimum atomic E-state index is -5.24. The summed E-state index contributed by atoms with van der Waals surface area (Å²) in [5.74, 6) is -7.77. The monoisotopic (exact) mass is 618 g/mol. The lowest BCUT2D eigenvalue weighted by molar-refractivity contribution is -0.278. The van der Waals surface area contributed by atoms with Crippen molar-refractivity contribution in [3.05, 3.63) is 0 Å². The molecule has 4 aliphatic carbocycles. The first-order valence-electron chi connectivity index (χ1n) is 13.9. The van der Waals surface area contributed by atoms with E-state index < -0.39 is 69.2 Å². The predicted octanol–water partition coefficient (Wildman–Crippen LogP) is 4.71. The van der Waals surface area contributed by atoms with Crippen molar-refractivity contribution in [1.82, 2.24) is 0 Å². The third-order valence-electron chi connectivity index (χ3n) is 11.0. The highest BCUT2D eigenvalue weighted by Gasteiger charge is 2.70. The van der Waals surface area contributed by atoms with Crippen LogP contribution < -0.4 is 0 Å². The number of halogens is 2. The molecule has 4 rings (SSSR count). The highest BCUT2D eigenvalue weighted by atomic mass is 31.2. The Bertz CT molecular complexity index is 1070. The Morgan fingerprint density at radius 2 is 1.60 bits per heavy atom.